The number of halogens is 1. The molecule has 2 N–H and O–H groups in total. The highest BCUT2D eigenvalue weighted by molar-refractivity contribution is 7.86. The molecule has 0 radical (unpaired) electrons. The van der Waals surface area contributed by atoms with E-state index in [4.69, 9.17) is 9.66 Å². The Hall–Kier alpha value is -1.88. The van der Waals surface area contributed by atoms with E-state index in [0.717, 1.165) is 0 Å². The first-order valence-corrected chi connectivity index (χ1v) is 8.51. The molecule has 0 spiro atoms. The van der Waals surface area contributed by atoms with Crippen LogP contribution in [-0.4, -0.2) is 53.9 Å². The van der Waals surface area contributed by atoms with Crippen LogP contribution < -0.4 is 5.14 Å². The molecular formula is C13H16FN5O3S. The van der Waals surface area contributed by atoms with Gasteiger partial charge < -0.3 is 4.52 Å². The highest BCUT2D eigenvalue weighted by Gasteiger charge is 2.24. The molecule has 1 aliphatic heterocycles. The Morgan fingerprint density at radius 2 is 1.83 bits per heavy atom. The first-order chi connectivity index (χ1) is 10.9. The number of rotatable bonds is 4. The second-order valence-corrected chi connectivity index (χ2v) is 6.79. The maximum atomic E-state index is 12.9. The predicted octanol–water partition coefficient (Wildman–Crippen LogP) is 0.197. The van der Waals surface area contributed by atoms with Gasteiger partial charge in [0.2, 0.25) is 11.7 Å². The molecule has 0 saturated carbocycles. The third-order valence-electron chi connectivity index (χ3n) is 3.62. The summed E-state index contributed by atoms with van der Waals surface area (Å²) in [4.78, 5) is 6.28. The third kappa shape index (κ3) is 3.91. The molecule has 8 nitrogen and oxygen atoms in total. The van der Waals surface area contributed by atoms with Crippen molar-refractivity contribution in [3.05, 3.63) is 36.0 Å². The van der Waals surface area contributed by atoms with Gasteiger partial charge >= 0.3 is 0 Å². The van der Waals surface area contributed by atoms with Crippen molar-refractivity contribution < 1.29 is 17.3 Å². The van der Waals surface area contributed by atoms with Gasteiger partial charge in [-0.15, -0.1) is 0 Å². The van der Waals surface area contributed by atoms with Crippen molar-refractivity contribution in [2.24, 2.45) is 5.14 Å². The Balaban J connectivity index is 1.61. The van der Waals surface area contributed by atoms with E-state index in [0.29, 0.717) is 50.0 Å². The lowest BCUT2D eigenvalue weighted by molar-refractivity contribution is 0.163. The number of nitrogens with zero attached hydrogens (tertiary/aromatic N) is 4. The molecule has 1 saturated heterocycles. The van der Waals surface area contributed by atoms with Crippen molar-refractivity contribution in [2.45, 2.75) is 6.54 Å². The Kier molecular flexibility index (Phi) is 4.39. The van der Waals surface area contributed by atoms with Gasteiger partial charge in [-0.3, -0.25) is 4.90 Å². The monoisotopic (exact) mass is 341 g/mol. The van der Waals surface area contributed by atoms with Gasteiger partial charge in [0.05, 0.1) is 6.54 Å². The van der Waals surface area contributed by atoms with E-state index in [1.165, 1.54) is 16.4 Å². The average molecular weight is 341 g/mol. The number of piperazine rings is 1. The van der Waals surface area contributed by atoms with Crippen molar-refractivity contribution in [1.82, 2.24) is 19.3 Å². The Morgan fingerprint density at radius 1 is 1.17 bits per heavy atom. The predicted molar refractivity (Wildman–Crippen MR) is 79.6 cm³/mol. The summed E-state index contributed by atoms with van der Waals surface area (Å²) in [6.07, 6.45) is 0. The van der Waals surface area contributed by atoms with Crippen molar-refractivity contribution in [3.8, 4) is 11.4 Å². The summed E-state index contributed by atoms with van der Waals surface area (Å²) in [5.41, 5.74) is 0.667. The molecule has 0 unspecified atom stereocenters. The molecule has 2 heterocycles. The Labute approximate surface area is 132 Å². The number of aromatic nitrogens is 2. The molecular weight excluding hydrogens is 325 g/mol. The molecule has 0 bridgehead atoms. The van der Waals surface area contributed by atoms with Crippen molar-refractivity contribution in [2.75, 3.05) is 26.2 Å². The minimum Gasteiger partial charge on any atom is -0.338 e. The van der Waals surface area contributed by atoms with E-state index in [9.17, 15) is 12.8 Å². The van der Waals surface area contributed by atoms with E-state index in [1.54, 1.807) is 12.1 Å². The van der Waals surface area contributed by atoms with Crippen LogP contribution in [0.1, 0.15) is 5.89 Å². The Bertz CT molecular complexity index is 769. The maximum Gasteiger partial charge on any atom is 0.276 e. The van der Waals surface area contributed by atoms with Crippen LogP contribution in [0.4, 0.5) is 4.39 Å². The van der Waals surface area contributed by atoms with Gasteiger partial charge in [0.25, 0.3) is 10.2 Å². The number of benzene rings is 1. The zero-order valence-electron chi connectivity index (χ0n) is 12.2. The molecule has 0 aliphatic carbocycles. The molecule has 23 heavy (non-hydrogen) atoms. The normalized spacial score (nSPS) is 17.5. The van der Waals surface area contributed by atoms with Gasteiger partial charge in [0, 0.05) is 31.7 Å². The van der Waals surface area contributed by atoms with Crippen molar-refractivity contribution in [3.63, 3.8) is 0 Å². The first-order valence-electron chi connectivity index (χ1n) is 7.00. The molecule has 1 aliphatic rings. The van der Waals surface area contributed by atoms with E-state index in [-0.39, 0.29) is 5.82 Å². The van der Waals surface area contributed by atoms with Gasteiger partial charge in [-0.1, -0.05) is 5.16 Å². The standard InChI is InChI=1S/C13H16FN5O3S/c14-11-3-1-10(2-4-11)13-16-12(22-17-13)9-18-5-7-19(8-6-18)23(15,20)21/h1-4H,5-9H2,(H2,15,20,21). The molecule has 1 fully saturated rings. The van der Waals surface area contributed by atoms with E-state index in [2.05, 4.69) is 10.1 Å². The zero-order chi connectivity index (χ0) is 16.4. The fourth-order valence-electron chi connectivity index (χ4n) is 2.37. The summed E-state index contributed by atoms with van der Waals surface area (Å²) >= 11 is 0. The van der Waals surface area contributed by atoms with E-state index in [1.807, 2.05) is 4.90 Å². The van der Waals surface area contributed by atoms with Gasteiger partial charge in [-0.2, -0.15) is 17.7 Å². The van der Waals surface area contributed by atoms with Crippen molar-refractivity contribution in [1.29, 1.82) is 0 Å². The van der Waals surface area contributed by atoms with Gasteiger partial charge in [0.15, 0.2) is 0 Å². The lowest BCUT2D eigenvalue weighted by Gasteiger charge is -2.31. The van der Waals surface area contributed by atoms with Crippen LogP contribution in [0.2, 0.25) is 0 Å². The first kappa shape index (κ1) is 16.0. The second kappa shape index (κ2) is 6.32. The molecule has 2 aromatic rings. The SMILES string of the molecule is NS(=O)(=O)N1CCN(Cc2nc(-c3ccc(F)cc3)no2)CC1. The molecule has 124 valence electrons. The smallest absolute Gasteiger partial charge is 0.276 e. The largest absolute Gasteiger partial charge is 0.338 e. The lowest BCUT2D eigenvalue weighted by Crippen LogP contribution is -2.50. The third-order valence-corrected chi connectivity index (χ3v) is 4.71. The van der Waals surface area contributed by atoms with Crippen LogP contribution in [0.15, 0.2) is 28.8 Å². The van der Waals surface area contributed by atoms with Gasteiger partial charge in [-0.25, -0.2) is 9.53 Å². The molecule has 3 rings (SSSR count). The zero-order valence-corrected chi connectivity index (χ0v) is 13.0. The van der Waals surface area contributed by atoms with E-state index < -0.39 is 10.2 Å². The average Bonchev–Trinajstić information content (AvgIpc) is 2.96. The summed E-state index contributed by atoms with van der Waals surface area (Å²) in [7, 11) is -3.63. The minimum atomic E-state index is -3.63. The highest BCUT2D eigenvalue weighted by Crippen LogP contribution is 2.17. The van der Waals surface area contributed by atoms with Crippen LogP contribution in [0.25, 0.3) is 11.4 Å². The topological polar surface area (TPSA) is 106 Å². The van der Waals surface area contributed by atoms with Crippen LogP contribution in [0.3, 0.4) is 0 Å². The van der Waals surface area contributed by atoms with Crippen LogP contribution >= 0.6 is 0 Å². The molecule has 0 amide bonds. The highest BCUT2D eigenvalue weighted by atomic mass is 32.2. The van der Waals surface area contributed by atoms with Crippen LogP contribution in [-0.2, 0) is 16.8 Å². The van der Waals surface area contributed by atoms with Gasteiger partial charge in [0.1, 0.15) is 5.82 Å². The maximum absolute atomic E-state index is 12.9. The molecule has 10 heteroatoms. The number of hydrogen-bond acceptors (Lipinski definition) is 6. The number of hydrogen-bond donors (Lipinski definition) is 1. The second-order valence-electron chi connectivity index (χ2n) is 5.24. The fraction of sp³-hybridized carbons (Fsp3) is 0.385. The Morgan fingerprint density at radius 3 is 2.43 bits per heavy atom. The van der Waals surface area contributed by atoms with Gasteiger partial charge in [-0.05, 0) is 24.3 Å². The minimum absolute atomic E-state index is 0.329. The van der Waals surface area contributed by atoms with Crippen molar-refractivity contribution >= 4 is 10.2 Å². The number of nitrogens with two attached hydrogens (primary N) is 1. The van der Waals surface area contributed by atoms with E-state index >= 15 is 0 Å². The summed E-state index contributed by atoms with van der Waals surface area (Å²) < 4.78 is 41.8. The van der Waals surface area contributed by atoms with Crippen LogP contribution in [0, 0.1) is 5.82 Å². The molecule has 1 aromatic carbocycles. The summed E-state index contributed by atoms with van der Waals surface area (Å²) in [5.74, 6) is 0.488. The lowest BCUT2D eigenvalue weighted by atomic mass is 10.2. The fourth-order valence-corrected chi connectivity index (χ4v) is 3.04. The summed E-state index contributed by atoms with van der Waals surface area (Å²) in [6.45, 7) is 2.15. The molecule has 1 aromatic heterocycles. The summed E-state index contributed by atoms with van der Waals surface area (Å²) in [5, 5.41) is 8.97. The molecule has 0 atom stereocenters. The van der Waals surface area contributed by atoms with Crippen LogP contribution in [0.5, 0.6) is 0 Å². The summed E-state index contributed by atoms with van der Waals surface area (Å²) in [6, 6.07) is 5.82. The quantitative estimate of drug-likeness (QED) is 0.851.